The van der Waals surface area contributed by atoms with Gasteiger partial charge in [0.05, 0.1) is 0 Å². The summed E-state index contributed by atoms with van der Waals surface area (Å²) in [6.45, 7) is 1.37. The van der Waals surface area contributed by atoms with Crippen molar-refractivity contribution in [2.45, 2.75) is 10.6 Å². The molecule has 0 saturated heterocycles. The van der Waals surface area contributed by atoms with E-state index < -0.39 is 10.0 Å². The minimum Gasteiger partial charge on any atom is -0.309 e. The molecule has 0 unspecified atom stereocenters. The molecule has 1 aromatic rings. The molecule has 0 saturated carbocycles. The van der Waals surface area contributed by atoms with Gasteiger partial charge in [-0.05, 0) is 38.5 Å². The number of hydrogen-bond donors (Lipinski definition) is 1. The molecule has 0 aliphatic carbocycles. The second-order valence-electron chi connectivity index (χ2n) is 3.49. The summed E-state index contributed by atoms with van der Waals surface area (Å²) < 4.78 is 26.2. The Kier molecular flexibility index (Phi) is 4.72. The number of nitrogens with zero attached hydrogens (tertiary/aromatic N) is 1. The van der Waals surface area contributed by atoms with Crippen molar-refractivity contribution in [2.24, 2.45) is 0 Å². The quantitative estimate of drug-likeness (QED) is 0.763. The molecule has 0 atom stereocenters. The highest BCUT2D eigenvalue weighted by atomic mass is 32.2. The van der Waals surface area contributed by atoms with Crippen LogP contribution in [0.4, 0.5) is 0 Å². The van der Waals surface area contributed by atoms with E-state index in [2.05, 4.69) is 4.72 Å². The van der Waals surface area contributed by atoms with Crippen molar-refractivity contribution in [2.75, 3.05) is 27.2 Å². The third-order valence-electron chi connectivity index (χ3n) is 1.83. The minimum absolute atomic E-state index is 0.382. The van der Waals surface area contributed by atoms with E-state index in [-0.39, 0.29) is 0 Å². The average Bonchev–Trinajstić information content (AvgIpc) is 2.65. The number of hydrogen-bond acceptors (Lipinski definition) is 4. The van der Waals surface area contributed by atoms with E-state index in [9.17, 15) is 8.42 Å². The molecule has 1 rings (SSSR count). The zero-order chi connectivity index (χ0) is 11.3. The second-order valence-corrected chi connectivity index (χ2v) is 6.43. The lowest BCUT2D eigenvalue weighted by molar-refractivity contribution is 0.400. The molecule has 86 valence electrons. The lowest BCUT2D eigenvalue weighted by Gasteiger charge is -2.09. The largest absolute Gasteiger partial charge is 0.309 e. The number of rotatable bonds is 6. The molecule has 1 aromatic heterocycles. The van der Waals surface area contributed by atoms with Crippen molar-refractivity contribution < 1.29 is 8.42 Å². The van der Waals surface area contributed by atoms with E-state index in [4.69, 9.17) is 0 Å². The van der Waals surface area contributed by atoms with E-state index in [1.165, 1.54) is 11.3 Å². The van der Waals surface area contributed by atoms with Crippen molar-refractivity contribution in [3.8, 4) is 0 Å². The van der Waals surface area contributed by atoms with Gasteiger partial charge < -0.3 is 4.90 Å². The summed E-state index contributed by atoms with van der Waals surface area (Å²) >= 11 is 1.23. The van der Waals surface area contributed by atoms with E-state index in [0.717, 1.165) is 13.0 Å². The summed E-state index contributed by atoms with van der Waals surface area (Å²) in [5.74, 6) is 0. The first kappa shape index (κ1) is 12.6. The van der Waals surface area contributed by atoms with Crippen LogP contribution in [0, 0.1) is 0 Å². The van der Waals surface area contributed by atoms with Crippen LogP contribution in [0.2, 0.25) is 0 Å². The molecular weight excluding hydrogens is 232 g/mol. The summed E-state index contributed by atoms with van der Waals surface area (Å²) in [5.41, 5.74) is 0. The maximum atomic E-state index is 11.6. The first-order valence-electron chi connectivity index (χ1n) is 4.70. The first-order chi connectivity index (χ1) is 7.02. The van der Waals surface area contributed by atoms with Gasteiger partial charge in [-0.3, -0.25) is 0 Å². The molecule has 0 aromatic carbocycles. The average molecular weight is 248 g/mol. The fourth-order valence-corrected chi connectivity index (χ4v) is 3.20. The number of nitrogens with one attached hydrogen (secondary N) is 1. The maximum Gasteiger partial charge on any atom is 0.250 e. The molecule has 0 aliphatic rings. The Labute approximate surface area is 95.0 Å². The first-order valence-corrected chi connectivity index (χ1v) is 7.06. The van der Waals surface area contributed by atoms with Gasteiger partial charge in [0.2, 0.25) is 10.0 Å². The zero-order valence-electron chi connectivity index (χ0n) is 8.93. The third-order valence-corrected chi connectivity index (χ3v) is 4.69. The van der Waals surface area contributed by atoms with Crippen LogP contribution in [0.1, 0.15) is 6.42 Å². The molecule has 0 aliphatic heterocycles. The highest BCUT2D eigenvalue weighted by Crippen LogP contribution is 2.14. The summed E-state index contributed by atoms with van der Waals surface area (Å²) in [6.07, 6.45) is 0.817. The Bertz CT molecular complexity index is 371. The van der Waals surface area contributed by atoms with Crippen LogP contribution in [-0.4, -0.2) is 40.5 Å². The van der Waals surface area contributed by atoms with Gasteiger partial charge in [-0.15, -0.1) is 11.3 Å². The van der Waals surface area contributed by atoms with Crippen molar-refractivity contribution in [3.05, 3.63) is 17.5 Å². The Morgan fingerprint density at radius 2 is 2.20 bits per heavy atom. The molecule has 0 bridgehead atoms. The van der Waals surface area contributed by atoms with Crippen molar-refractivity contribution in [1.82, 2.24) is 9.62 Å². The van der Waals surface area contributed by atoms with Crippen molar-refractivity contribution in [3.63, 3.8) is 0 Å². The lowest BCUT2D eigenvalue weighted by Crippen LogP contribution is -2.26. The van der Waals surface area contributed by atoms with E-state index >= 15 is 0 Å². The minimum atomic E-state index is -3.26. The molecule has 15 heavy (non-hydrogen) atoms. The molecule has 6 heteroatoms. The van der Waals surface area contributed by atoms with E-state index in [0.29, 0.717) is 10.8 Å². The van der Waals surface area contributed by atoms with Crippen molar-refractivity contribution >= 4 is 21.4 Å². The summed E-state index contributed by atoms with van der Waals surface area (Å²) in [5, 5.41) is 1.76. The van der Waals surface area contributed by atoms with Crippen LogP contribution in [0.3, 0.4) is 0 Å². The lowest BCUT2D eigenvalue weighted by atomic mass is 10.4. The normalized spacial score (nSPS) is 12.2. The second kappa shape index (κ2) is 5.60. The monoisotopic (exact) mass is 248 g/mol. The predicted octanol–water partition coefficient (Wildman–Crippen LogP) is 0.978. The van der Waals surface area contributed by atoms with Crippen molar-refractivity contribution in [1.29, 1.82) is 0 Å². The molecule has 1 heterocycles. The molecule has 0 fully saturated rings. The SMILES string of the molecule is CN(C)CCCNS(=O)(=O)c1cccs1. The van der Waals surface area contributed by atoms with Crippen LogP contribution in [0.5, 0.6) is 0 Å². The maximum absolute atomic E-state index is 11.6. The van der Waals surface area contributed by atoms with Gasteiger partial charge in [0, 0.05) is 6.54 Å². The van der Waals surface area contributed by atoms with Crippen LogP contribution >= 0.6 is 11.3 Å². The molecule has 0 spiro atoms. The zero-order valence-corrected chi connectivity index (χ0v) is 10.6. The summed E-state index contributed by atoms with van der Waals surface area (Å²) in [7, 11) is 0.667. The van der Waals surface area contributed by atoms with Gasteiger partial charge >= 0.3 is 0 Å². The van der Waals surface area contributed by atoms with Gasteiger partial charge in [-0.2, -0.15) is 0 Å². The fraction of sp³-hybridized carbons (Fsp3) is 0.556. The van der Waals surface area contributed by atoms with Crippen LogP contribution in [-0.2, 0) is 10.0 Å². The Morgan fingerprint density at radius 3 is 2.73 bits per heavy atom. The Hall–Kier alpha value is -0.430. The standard InChI is InChI=1S/C9H16N2O2S2/c1-11(2)7-4-6-10-15(12,13)9-5-3-8-14-9/h3,5,8,10H,4,6-7H2,1-2H3. The number of thiophene rings is 1. The molecule has 1 N–H and O–H groups in total. The third kappa shape index (κ3) is 4.29. The van der Waals surface area contributed by atoms with Gasteiger partial charge in [0.15, 0.2) is 0 Å². The van der Waals surface area contributed by atoms with Gasteiger partial charge in [0.1, 0.15) is 4.21 Å². The van der Waals surface area contributed by atoms with Crippen LogP contribution < -0.4 is 4.72 Å². The predicted molar refractivity (Wildman–Crippen MR) is 62.7 cm³/mol. The molecule has 0 radical (unpaired) electrons. The Morgan fingerprint density at radius 1 is 1.47 bits per heavy atom. The van der Waals surface area contributed by atoms with Gasteiger partial charge in [0.25, 0.3) is 0 Å². The number of sulfonamides is 1. The summed E-state index contributed by atoms with van der Waals surface area (Å²) in [4.78, 5) is 2.03. The van der Waals surface area contributed by atoms with Gasteiger partial charge in [-0.1, -0.05) is 6.07 Å². The van der Waals surface area contributed by atoms with Gasteiger partial charge in [-0.25, -0.2) is 13.1 Å². The highest BCUT2D eigenvalue weighted by molar-refractivity contribution is 7.91. The van der Waals surface area contributed by atoms with E-state index in [1.54, 1.807) is 17.5 Å². The Balaban J connectivity index is 2.39. The molecule has 4 nitrogen and oxygen atoms in total. The topological polar surface area (TPSA) is 49.4 Å². The van der Waals surface area contributed by atoms with E-state index in [1.807, 2.05) is 19.0 Å². The smallest absolute Gasteiger partial charge is 0.250 e. The molecule has 0 amide bonds. The highest BCUT2D eigenvalue weighted by Gasteiger charge is 2.13. The van der Waals surface area contributed by atoms with Crippen LogP contribution in [0.15, 0.2) is 21.7 Å². The van der Waals surface area contributed by atoms with Crippen LogP contribution in [0.25, 0.3) is 0 Å². The summed E-state index contributed by atoms with van der Waals surface area (Å²) in [6, 6.07) is 3.35. The molecular formula is C9H16N2O2S2. The fourth-order valence-electron chi connectivity index (χ4n) is 1.09.